The number of ether oxygens (including phenoxy) is 1. The van der Waals surface area contributed by atoms with Crippen molar-refractivity contribution in [2.45, 2.75) is 32.2 Å². The van der Waals surface area contributed by atoms with Crippen molar-refractivity contribution in [2.75, 3.05) is 6.61 Å². The second kappa shape index (κ2) is 6.69. The van der Waals surface area contributed by atoms with Gasteiger partial charge in [0.25, 0.3) is 0 Å². The van der Waals surface area contributed by atoms with Crippen LogP contribution in [0.4, 0.5) is 13.2 Å². The van der Waals surface area contributed by atoms with Crippen molar-refractivity contribution in [3.63, 3.8) is 0 Å². The standard InChI is InChI=1S/C12H16BrF3N2O/c1-7(2)19-6-11(18-17)9-5-8(12(14,15)16)3-4-10(9)13/h3-5,7,11,18H,6,17H2,1-2H3. The van der Waals surface area contributed by atoms with E-state index in [-0.39, 0.29) is 12.7 Å². The van der Waals surface area contributed by atoms with Gasteiger partial charge in [-0.15, -0.1) is 0 Å². The molecule has 0 heterocycles. The third-order valence-corrected chi connectivity index (χ3v) is 3.22. The van der Waals surface area contributed by atoms with Crippen LogP contribution in [0.3, 0.4) is 0 Å². The Morgan fingerprint density at radius 2 is 2.00 bits per heavy atom. The summed E-state index contributed by atoms with van der Waals surface area (Å²) in [7, 11) is 0. The van der Waals surface area contributed by atoms with Gasteiger partial charge in [-0.05, 0) is 37.6 Å². The minimum Gasteiger partial charge on any atom is -0.377 e. The van der Waals surface area contributed by atoms with Crippen LogP contribution in [-0.2, 0) is 10.9 Å². The average molecular weight is 341 g/mol. The van der Waals surface area contributed by atoms with Gasteiger partial charge in [0.2, 0.25) is 0 Å². The molecule has 19 heavy (non-hydrogen) atoms. The molecule has 0 amide bonds. The molecule has 1 aromatic rings. The molecule has 0 aliphatic rings. The smallest absolute Gasteiger partial charge is 0.377 e. The van der Waals surface area contributed by atoms with E-state index in [4.69, 9.17) is 10.6 Å². The Bertz CT molecular complexity index is 424. The molecule has 108 valence electrons. The molecular formula is C12H16BrF3N2O. The van der Waals surface area contributed by atoms with Crippen LogP contribution in [0.1, 0.15) is 31.0 Å². The maximum atomic E-state index is 12.7. The van der Waals surface area contributed by atoms with E-state index in [1.165, 1.54) is 6.07 Å². The highest BCUT2D eigenvalue weighted by Gasteiger charge is 2.31. The number of hydrazine groups is 1. The molecule has 0 aliphatic heterocycles. The lowest BCUT2D eigenvalue weighted by atomic mass is 10.0. The highest BCUT2D eigenvalue weighted by atomic mass is 79.9. The van der Waals surface area contributed by atoms with E-state index in [0.717, 1.165) is 12.1 Å². The van der Waals surface area contributed by atoms with Crippen molar-refractivity contribution in [3.05, 3.63) is 33.8 Å². The van der Waals surface area contributed by atoms with E-state index < -0.39 is 17.8 Å². The molecule has 1 aromatic carbocycles. The number of halogens is 4. The number of hydrogen-bond acceptors (Lipinski definition) is 3. The number of hydrogen-bond donors (Lipinski definition) is 2. The van der Waals surface area contributed by atoms with Gasteiger partial charge < -0.3 is 4.74 Å². The van der Waals surface area contributed by atoms with Gasteiger partial charge >= 0.3 is 6.18 Å². The van der Waals surface area contributed by atoms with Crippen LogP contribution in [0.5, 0.6) is 0 Å². The van der Waals surface area contributed by atoms with Gasteiger partial charge in [-0.1, -0.05) is 15.9 Å². The molecule has 0 aromatic heterocycles. The molecule has 1 atom stereocenters. The van der Waals surface area contributed by atoms with E-state index in [1.807, 2.05) is 13.8 Å². The van der Waals surface area contributed by atoms with Crippen molar-refractivity contribution < 1.29 is 17.9 Å². The number of alkyl halides is 3. The summed E-state index contributed by atoms with van der Waals surface area (Å²) in [6, 6.07) is 2.93. The Balaban J connectivity index is 3.02. The Morgan fingerprint density at radius 3 is 2.47 bits per heavy atom. The molecular weight excluding hydrogens is 325 g/mol. The molecule has 0 fully saturated rings. The van der Waals surface area contributed by atoms with E-state index in [1.54, 1.807) is 0 Å². The van der Waals surface area contributed by atoms with Crippen molar-refractivity contribution in [1.82, 2.24) is 5.43 Å². The molecule has 0 radical (unpaired) electrons. The molecule has 3 nitrogen and oxygen atoms in total. The topological polar surface area (TPSA) is 47.3 Å². The largest absolute Gasteiger partial charge is 0.416 e. The van der Waals surface area contributed by atoms with Crippen LogP contribution in [-0.4, -0.2) is 12.7 Å². The second-order valence-corrected chi connectivity index (χ2v) is 5.19. The third-order valence-electron chi connectivity index (χ3n) is 2.50. The summed E-state index contributed by atoms with van der Waals surface area (Å²) in [6.07, 6.45) is -4.41. The molecule has 0 bridgehead atoms. The predicted molar refractivity (Wildman–Crippen MR) is 70.3 cm³/mol. The lowest BCUT2D eigenvalue weighted by Crippen LogP contribution is -2.32. The van der Waals surface area contributed by atoms with Crippen molar-refractivity contribution >= 4 is 15.9 Å². The lowest BCUT2D eigenvalue weighted by Gasteiger charge is -2.20. The summed E-state index contributed by atoms with van der Waals surface area (Å²) in [5.74, 6) is 5.39. The number of rotatable bonds is 5. The fraction of sp³-hybridized carbons (Fsp3) is 0.500. The van der Waals surface area contributed by atoms with Crippen LogP contribution in [0.15, 0.2) is 22.7 Å². The first-order valence-electron chi connectivity index (χ1n) is 5.70. The SMILES string of the molecule is CC(C)OCC(NN)c1cc(C(F)(F)F)ccc1Br. The maximum absolute atomic E-state index is 12.7. The van der Waals surface area contributed by atoms with E-state index in [9.17, 15) is 13.2 Å². The highest BCUT2D eigenvalue weighted by Crippen LogP contribution is 2.33. The summed E-state index contributed by atoms with van der Waals surface area (Å²) in [4.78, 5) is 0. The molecule has 0 saturated carbocycles. The molecule has 7 heteroatoms. The Labute approximate surface area is 118 Å². The first-order chi connectivity index (χ1) is 8.75. The summed E-state index contributed by atoms with van der Waals surface area (Å²) < 4.78 is 44.0. The summed E-state index contributed by atoms with van der Waals surface area (Å²) in [5, 5.41) is 0. The molecule has 0 aliphatic carbocycles. The van der Waals surface area contributed by atoms with Crippen LogP contribution in [0.2, 0.25) is 0 Å². The van der Waals surface area contributed by atoms with Gasteiger partial charge in [0.15, 0.2) is 0 Å². The first kappa shape index (κ1) is 16.4. The fourth-order valence-corrected chi connectivity index (χ4v) is 2.03. The highest BCUT2D eigenvalue weighted by molar-refractivity contribution is 9.10. The van der Waals surface area contributed by atoms with Crippen molar-refractivity contribution in [2.24, 2.45) is 5.84 Å². The molecule has 3 N–H and O–H groups in total. The fourth-order valence-electron chi connectivity index (χ4n) is 1.50. The Morgan fingerprint density at radius 1 is 1.37 bits per heavy atom. The Kier molecular flexibility index (Phi) is 5.79. The van der Waals surface area contributed by atoms with Gasteiger partial charge in [0, 0.05) is 4.47 Å². The van der Waals surface area contributed by atoms with Gasteiger partial charge in [-0.25, -0.2) is 0 Å². The van der Waals surface area contributed by atoms with Crippen LogP contribution < -0.4 is 11.3 Å². The van der Waals surface area contributed by atoms with Crippen molar-refractivity contribution in [1.29, 1.82) is 0 Å². The van der Waals surface area contributed by atoms with Gasteiger partial charge in [-0.3, -0.25) is 11.3 Å². The zero-order valence-electron chi connectivity index (χ0n) is 10.6. The number of nitrogens with one attached hydrogen (secondary N) is 1. The van der Waals surface area contributed by atoms with E-state index >= 15 is 0 Å². The molecule has 1 rings (SSSR count). The molecule has 0 saturated heterocycles. The van der Waals surface area contributed by atoms with Crippen molar-refractivity contribution in [3.8, 4) is 0 Å². The third kappa shape index (κ3) is 4.76. The predicted octanol–water partition coefficient (Wildman–Crippen LogP) is 3.40. The van der Waals surface area contributed by atoms with Gasteiger partial charge in [0.05, 0.1) is 24.3 Å². The molecule has 1 unspecified atom stereocenters. The quantitative estimate of drug-likeness (QED) is 0.638. The zero-order chi connectivity index (χ0) is 14.6. The summed E-state index contributed by atoms with van der Waals surface area (Å²) in [5.41, 5.74) is 2.17. The monoisotopic (exact) mass is 340 g/mol. The summed E-state index contributed by atoms with van der Waals surface area (Å²) >= 11 is 3.23. The average Bonchev–Trinajstić information content (AvgIpc) is 2.30. The van der Waals surface area contributed by atoms with Crippen LogP contribution in [0.25, 0.3) is 0 Å². The minimum absolute atomic E-state index is 0.0274. The van der Waals surface area contributed by atoms with Gasteiger partial charge in [-0.2, -0.15) is 13.2 Å². The Hall–Kier alpha value is -0.630. The lowest BCUT2D eigenvalue weighted by molar-refractivity contribution is -0.137. The van der Waals surface area contributed by atoms with Gasteiger partial charge in [0.1, 0.15) is 0 Å². The second-order valence-electron chi connectivity index (χ2n) is 4.34. The van der Waals surface area contributed by atoms with Crippen LogP contribution >= 0.6 is 15.9 Å². The summed E-state index contributed by atoms with van der Waals surface area (Å²) in [6.45, 7) is 3.87. The zero-order valence-corrected chi connectivity index (χ0v) is 12.2. The maximum Gasteiger partial charge on any atom is 0.416 e. The molecule has 0 spiro atoms. The van der Waals surface area contributed by atoms with Crippen LogP contribution in [0, 0.1) is 0 Å². The van der Waals surface area contributed by atoms with E-state index in [2.05, 4.69) is 21.4 Å². The van der Waals surface area contributed by atoms with E-state index in [0.29, 0.717) is 10.0 Å². The minimum atomic E-state index is -4.38. The number of nitrogens with two attached hydrogens (primary N) is 1. The first-order valence-corrected chi connectivity index (χ1v) is 6.49. The normalized spacial score (nSPS) is 13.9. The number of benzene rings is 1.